The molecule has 0 bridgehead atoms. The summed E-state index contributed by atoms with van der Waals surface area (Å²) in [7, 11) is 0. The summed E-state index contributed by atoms with van der Waals surface area (Å²) in [6.07, 6.45) is 1.89. The molecule has 8 heteroatoms. The number of para-hydroxylation sites is 1. The smallest absolute Gasteiger partial charge is 0.279 e. The highest BCUT2D eigenvalue weighted by atomic mass is 79.9. The Labute approximate surface area is 140 Å². The molecule has 0 aliphatic rings. The standard InChI is InChI=1S/C15H13BrFN3O3/c1-9(23-13-5-3-2-4-12(13)17)14(21)19-20-15(22)10-6-11(16)8-18-7-10/h2-9H,1H3,(H,19,21)(H,20,22)/t9-/m0/s1. The van der Waals surface area contributed by atoms with Crippen molar-refractivity contribution in [2.24, 2.45) is 0 Å². The van der Waals surface area contributed by atoms with Gasteiger partial charge in [0.05, 0.1) is 5.56 Å². The van der Waals surface area contributed by atoms with Gasteiger partial charge in [0.1, 0.15) is 0 Å². The number of benzene rings is 1. The van der Waals surface area contributed by atoms with E-state index in [0.717, 1.165) is 0 Å². The molecule has 2 amide bonds. The summed E-state index contributed by atoms with van der Waals surface area (Å²) in [6.45, 7) is 1.44. The maximum atomic E-state index is 13.4. The molecular formula is C15H13BrFN3O3. The van der Waals surface area contributed by atoms with E-state index < -0.39 is 23.7 Å². The van der Waals surface area contributed by atoms with Crippen LogP contribution in [0.1, 0.15) is 17.3 Å². The van der Waals surface area contributed by atoms with Gasteiger partial charge in [0, 0.05) is 16.9 Å². The Balaban J connectivity index is 1.89. The summed E-state index contributed by atoms with van der Waals surface area (Å²) in [4.78, 5) is 27.6. The van der Waals surface area contributed by atoms with E-state index in [-0.39, 0.29) is 11.3 Å². The van der Waals surface area contributed by atoms with Gasteiger partial charge in [-0.05, 0) is 41.1 Å². The van der Waals surface area contributed by atoms with Gasteiger partial charge >= 0.3 is 0 Å². The molecule has 0 fully saturated rings. The normalized spacial score (nSPS) is 11.4. The summed E-state index contributed by atoms with van der Waals surface area (Å²) in [5, 5.41) is 0. The Hall–Kier alpha value is -2.48. The molecule has 1 atom stereocenters. The monoisotopic (exact) mass is 381 g/mol. The number of hydrogen-bond acceptors (Lipinski definition) is 4. The van der Waals surface area contributed by atoms with Crippen molar-refractivity contribution in [3.8, 4) is 5.75 Å². The van der Waals surface area contributed by atoms with E-state index in [1.807, 2.05) is 0 Å². The Morgan fingerprint density at radius 1 is 1.26 bits per heavy atom. The molecule has 0 spiro atoms. The average molecular weight is 382 g/mol. The summed E-state index contributed by atoms with van der Waals surface area (Å²) in [5.74, 6) is -1.77. The Morgan fingerprint density at radius 2 is 2.00 bits per heavy atom. The van der Waals surface area contributed by atoms with Crippen LogP contribution in [0.3, 0.4) is 0 Å². The molecular weight excluding hydrogens is 369 g/mol. The maximum absolute atomic E-state index is 13.4. The summed E-state index contributed by atoms with van der Waals surface area (Å²) >= 11 is 3.19. The number of nitrogens with one attached hydrogen (secondary N) is 2. The van der Waals surface area contributed by atoms with Crippen LogP contribution in [-0.2, 0) is 4.79 Å². The Bertz CT molecular complexity index is 727. The predicted octanol–water partition coefficient (Wildman–Crippen LogP) is 2.21. The Morgan fingerprint density at radius 3 is 2.70 bits per heavy atom. The van der Waals surface area contributed by atoms with Crippen molar-refractivity contribution in [3.63, 3.8) is 0 Å². The zero-order chi connectivity index (χ0) is 16.8. The largest absolute Gasteiger partial charge is 0.478 e. The Kier molecular flexibility index (Phi) is 5.64. The minimum Gasteiger partial charge on any atom is -0.478 e. The molecule has 0 saturated carbocycles. The molecule has 2 N–H and O–H groups in total. The predicted molar refractivity (Wildman–Crippen MR) is 84.0 cm³/mol. The number of halogens is 2. The van der Waals surface area contributed by atoms with Gasteiger partial charge in [0.15, 0.2) is 17.7 Å². The minimum atomic E-state index is -0.993. The van der Waals surface area contributed by atoms with E-state index in [4.69, 9.17) is 4.74 Å². The molecule has 1 heterocycles. The zero-order valence-electron chi connectivity index (χ0n) is 12.0. The van der Waals surface area contributed by atoms with Gasteiger partial charge in [0.2, 0.25) is 0 Å². The molecule has 2 aromatic rings. The van der Waals surface area contributed by atoms with Gasteiger partial charge in [-0.3, -0.25) is 25.4 Å². The summed E-state index contributed by atoms with van der Waals surface area (Å²) < 4.78 is 19.3. The fourth-order valence-electron chi connectivity index (χ4n) is 1.61. The molecule has 0 aliphatic carbocycles. The molecule has 0 saturated heterocycles. The van der Waals surface area contributed by atoms with Crippen LogP contribution in [0.2, 0.25) is 0 Å². The highest BCUT2D eigenvalue weighted by Crippen LogP contribution is 2.16. The number of carbonyl (C=O) groups excluding carboxylic acids is 2. The van der Waals surface area contributed by atoms with Gasteiger partial charge < -0.3 is 4.74 Å². The lowest BCUT2D eigenvalue weighted by atomic mass is 10.3. The second-order valence-corrected chi connectivity index (χ2v) is 5.44. The van der Waals surface area contributed by atoms with Gasteiger partial charge in [-0.1, -0.05) is 12.1 Å². The van der Waals surface area contributed by atoms with Crippen LogP contribution in [-0.4, -0.2) is 22.9 Å². The molecule has 1 aromatic heterocycles. The van der Waals surface area contributed by atoms with E-state index in [0.29, 0.717) is 4.47 Å². The van der Waals surface area contributed by atoms with Crippen LogP contribution < -0.4 is 15.6 Å². The molecule has 2 rings (SSSR count). The summed E-state index contributed by atoms with van der Waals surface area (Å²) in [5.41, 5.74) is 4.71. The van der Waals surface area contributed by atoms with Crippen LogP contribution in [0.5, 0.6) is 5.75 Å². The molecule has 6 nitrogen and oxygen atoms in total. The number of hydrogen-bond donors (Lipinski definition) is 2. The number of nitrogens with zero attached hydrogens (tertiary/aromatic N) is 1. The number of carbonyl (C=O) groups is 2. The first-order valence-electron chi connectivity index (χ1n) is 6.59. The van der Waals surface area contributed by atoms with Crippen LogP contribution >= 0.6 is 15.9 Å². The van der Waals surface area contributed by atoms with Gasteiger partial charge in [-0.25, -0.2) is 4.39 Å². The van der Waals surface area contributed by atoms with Gasteiger partial charge in [-0.2, -0.15) is 0 Å². The van der Waals surface area contributed by atoms with E-state index in [1.165, 1.54) is 37.5 Å². The average Bonchev–Trinajstić information content (AvgIpc) is 2.54. The molecule has 0 aliphatic heterocycles. The summed E-state index contributed by atoms with van der Waals surface area (Å²) in [6, 6.07) is 7.28. The third kappa shape index (κ3) is 4.75. The first-order valence-corrected chi connectivity index (χ1v) is 7.38. The third-order valence-corrected chi connectivity index (χ3v) is 3.21. The van der Waals surface area contributed by atoms with Crippen LogP contribution in [0.4, 0.5) is 4.39 Å². The highest BCUT2D eigenvalue weighted by Gasteiger charge is 2.17. The minimum absolute atomic E-state index is 0.0438. The second-order valence-electron chi connectivity index (χ2n) is 4.53. The van der Waals surface area contributed by atoms with Crippen molar-refractivity contribution in [2.75, 3.05) is 0 Å². The molecule has 0 unspecified atom stereocenters. The fourth-order valence-corrected chi connectivity index (χ4v) is 1.98. The molecule has 0 radical (unpaired) electrons. The maximum Gasteiger partial charge on any atom is 0.279 e. The van der Waals surface area contributed by atoms with E-state index in [2.05, 4.69) is 31.8 Å². The number of rotatable bonds is 4. The second kappa shape index (κ2) is 7.68. The number of ether oxygens (including phenoxy) is 1. The van der Waals surface area contributed by atoms with Crippen molar-refractivity contribution in [1.29, 1.82) is 0 Å². The third-order valence-electron chi connectivity index (χ3n) is 2.78. The lowest BCUT2D eigenvalue weighted by Crippen LogP contribution is -2.47. The van der Waals surface area contributed by atoms with Crippen molar-refractivity contribution in [2.45, 2.75) is 13.0 Å². The van der Waals surface area contributed by atoms with E-state index >= 15 is 0 Å². The van der Waals surface area contributed by atoms with Crippen LogP contribution in [0.15, 0.2) is 47.2 Å². The zero-order valence-corrected chi connectivity index (χ0v) is 13.6. The van der Waals surface area contributed by atoms with E-state index in [1.54, 1.807) is 12.1 Å². The van der Waals surface area contributed by atoms with Crippen LogP contribution in [0, 0.1) is 5.82 Å². The first-order chi connectivity index (χ1) is 11.0. The number of hydrazine groups is 1. The number of aromatic nitrogens is 1. The highest BCUT2D eigenvalue weighted by molar-refractivity contribution is 9.10. The van der Waals surface area contributed by atoms with Crippen molar-refractivity contribution in [3.05, 3.63) is 58.6 Å². The van der Waals surface area contributed by atoms with Gasteiger partial charge in [0.25, 0.3) is 11.8 Å². The lowest BCUT2D eigenvalue weighted by Gasteiger charge is -2.15. The topological polar surface area (TPSA) is 80.3 Å². The van der Waals surface area contributed by atoms with Crippen LogP contribution in [0.25, 0.3) is 0 Å². The van der Waals surface area contributed by atoms with Crippen molar-refractivity contribution in [1.82, 2.24) is 15.8 Å². The SMILES string of the molecule is C[C@H](Oc1ccccc1F)C(=O)NNC(=O)c1cncc(Br)c1. The van der Waals surface area contributed by atoms with E-state index in [9.17, 15) is 14.0 Å². The number of amides is 2. The quantitative estimate of drug-likeness (QED) is 0.795. The fraction of sp³-hybridized carbons (Fsp3) is 0.133. The van der Waals surface area contributed by atoms with Gasteiger partial charge in [-0.15, -0.1) is 0 Å². The van der Waals surface area contributed by atoms with Crippen molar-refractivity contribution < 1.29 is 18.7 Å². The molecule has 23 heavy (non-hydrogen) atoms. The lowest BCUT2D eigenvalue weighted by molar-refractivity contribution is -0.128. The number of pyridine rings is 1. The van der Waals surface area contributed by atoms with Crippen molar-refractivity contribution >= 4 is 27.7 Å². The molecule has 1 aromatic carbocycles. The molecule has 120 valence electrons. The first kappa shape index (κ1) is 16.9.